The maximum Gasteiger partial charge on any atom is 0.232 e. The molecule has 4 heterocycles. The van der Waals surface area contributed by atoms with Crippen LogP contribution in [0.15, 0.2) is 53.6 Å². The van der Waals surface area contributed by atoms with Crippen LogP contribution in [0.25, 0.3) is 11.4 Å². The van der Waals surface area contributed by atoms with Crippen LogP contribution in [0.4, 0.5) is 0 Å². The fourth-order valence-corrected chi connectivity index (χ4v) is 3.57. The second-order valence-electron chi connectivity index (χ2n) is 6.74. The van der Waals surface area contributed by atoms with Gasteiger partial charge in [0.1, 0.15) is 0 Å². The van der Waals surface area contributed by atoms with Crippen molar-refractivity contribution in [3.63, 3.8) is 0 Å². The lowest BCUT2D eigenvalue weighted by Crippen LogP contribution is -2.28. The number of carbonyl (C=O) groups excluding carboxylic acids is 1. The molecule has 1 aliphatic heterocycles. The first-order valence-electron chi connectivity index (χ1n) is 9.18. The summed E-state index contributed by atoms with van der Waals surface area (Å²) < 4.78 is 5.60. The van der Waals surface area contributed by atoms with Crippen molar-refractivity contribution in [2.45, 2.75) is 31.6 Å². The van der Waals surface area contributed by atoms with Gasteiger partial charge in [-0.1, -0.05) is 18.1 Å². The van der Waals surface area contributed by atoms with E-state index >= 15 is 0 Å². The number of hydrogen-bond donors (Lipinski definition) is 0. The summed E-state index contributed by atoms with van der Waals surface area (Å²) in [4.78, 5) is 27.2. The zero-order valence-corrected chi connectivity index (χ0v) is 15.2. The number of carbonyl (C=O) groups is 1. The Hall–Kier alpha value is -3.09. The Bertz CT molecular complexity index is 897. The van der Waals surface area contributed by atoms with Crippen molar-refractivity contribution in [3.8, 4) is 11.4 Å². The van der Waals surface area contributed by atoms with Crippen LogP contribution < -0.4 is 0 Å². The molecule has 1 amide bonds. The molecule has 1 saturated heterocycles. The zero-order chi connectivity index (χ0) is 18.6. The average molecular weight is 363 g/mol. The number of aromatic nitrogens is 4. The fourth-order valence-electron chi connectivity index (χ4n) is 3.57. The maximum atomic E-state index is 12.5. The number of rotatable bonds is 5. The van der Waals surface area contributed by atoms with E-state index in [2.05, 4.69) is 20.1 Å². The summed E-state index contributed by atoms with van der Waals surface area (Å²) in [6.45, 7) is 3.24. The van der Waals surface area contributed by atoms with E-state index < -0.39 is 0 Å². The van der Waals surface area contributed by atoms with Crippen molar-refractivity contribution in [2.75, 3.05) is 13.1 Å². The molecule has 1 fully saturated rings. The lowest BCUT2D eigenvalue weighted by atomic mass is 9.90. The molecule has 27 heavy (non-hydrogen) atoms. The Balaban J connectivity index is 1.64. The van der Waals surface area contributed by atoms with Gasteiger partial charge < -0.3 is 9.42 Å². The molecule has 7 heteroatoms. The highest BCUT2D eigenvalue weighted by atomic mass is 16.5. The van der Waals surface area contributed by atoms with E-state index in [0.717, 1.165) is 17.5 Å². The van der Waals surface area contributed by atoms with E-state index in [9.17, 15) is 4.79 Å². The van der Waals surface area contributed by atoms with Crippen molar-refractivity contribution in [1.29, 1.82) is 0 Å². The van der Waals surface area contributed by atoms with Gasteiger partial charge in [0.05, 0.1) is 5.92 Å². The molecule has 3 aromatic heterocycles. The number of likely N-dealkylation sites (tertiary alicyclic amines) is 1. The topological polar surface area (TPSA) is 85.0 Å². The molecule has 0 spiro atoms. The minimum Gasteiger partial charge on any atom is -0.341 e. The first-order valence-corrected chi connectivity index (χ1v) is 9.18. The smallest absolute Gasteiger partial charge is 0.232 e. The third kappa shape index (κ3) is 3.58. The van der Waals surface area contributed by atoms with Gasteiger partial charge >= 0.3 is 0 Å². The second-order valence-corrected chi connectivity index (χ2v) is 6.74. The molecule has 1 aliphatic rings. The molecule has 3 aromatic rings. The van der Waals surface area contributed by atoms with Crippen molar-refractivity contribution < 1.29 is 9.32 Å². The Morgan fingerprint density at radius 3 is 2.70 bits per heavy atom. The average Bonchev–Trinajstić information content (AvgIpc) is 3.37. The van der Waals surface area contributed by atoms with Crippen molar-refractivity contribution in [2.24, 2.45) is 0 Å². The molecule has 2 atom stereocenters. The largest absolute Gasteiger partial charge is 0.341 e. The van der Waals surface area contributed by atoms with E-state index in [1.54, 1.807) is 18.6 Å². The van der Waals surface area contributed by atoms with Gasteiger partial charge in [-0.15, -0.1) is 0 Å². The normalized spacial score (nSPS) is 19.4. The van der Waals surface area contributed by atoms with Gasteiger partial charge in [0.15, 0.2) is 0 Å². The molecule has 7 nitrogen and oxygen atoms in total. The van der Waals surface area contributed by atoms with Crippen molar-refractivity contribution in [1.82, 2.24) is 25.0 Å². The molecule has 0 unspecified atom stereocenters. The summed E-state index contributed by atoms with van der Waals surface area (Å²) in [5.74, 6) is 1.31. The highest BCUT2D eigenvalue weighted by Gasteiger charge is 2.40. The van der Waals surface area contributed by atoms with Gasteiger partial charge in [0, 0.05) is 55.8 Å². The minimum absolute atomic E-state index is 0.0434. The van der Waals surface area contributed by atoms with Crippen LogP contribution in [-0.4, -0.2) is 44.0 Å². The first-order chi connectivity index (χ1) is 13.3. The third-order valence-corrected chi connectivity index (χ3v) is 4.95. The molecule has 0 aliphatic carbocycles. The molecule has 0 aromatic carbocycles. The van der Waals surface area contributed by atoms with Crippen LogP contribution in [0, 0.1) is 0 Å². The summed E-state index contributed by atoms with van der Waals surface area (Å²) in [5, 5.41) is 4.13. The number of nitrogens with zero attached hydrogens (tertiary/aromatic N) is 5. The van der Waals surface area contributed by atoms with Gasteiger partial charge in [-0.3, -0.25) is 14.8 Å². The van der Waals surface area contributed by atoms with Gasteiger partial charge in [-0.25, -0.2) is 0 Å². The molecule has 0 N–H and O–H groups in total. The molecular formula is C20H21N5O2. The van der Waals surface area contributed by atoms with Gasteiger partial charge in [-0.2, -0.15) is 4.98 Å². The lowest BCUT2D eigenvalue weighted by Gasteiger charge is -2.15. The van der Waals surface area contributed by atoms with Gasteiger partial charge in [-0.05, 0) is 30.2 Å². The number of hydrogen-bond acceptors (Lipinski definition) is 6. The summed E-state index contributed by atoms with van der Waals surface area (Å²) in [6, 6.07) is 7.65. The summed E-state index contributed by atoms with van der Waals surface area (Å²) >= 11 is 0. The van der Waals surface area contributed by atoms with Crippen LogP contribution in [0.1, 0.15) is 43.1 Å². The van der Waals surface area contributed by atoms with Gasteiger partial charge in [0.2, 0.25) is 17.6 Å². The number of amides is 1. The summed E-state index contributed by atoms with van der Waals surface area (Å²) in [5.41, 5.74) is 1.94. The predicted molar refractivity (Wildman–Crippen MR) is 98.7 cm³/mol. The molecule has 4 rings (SSSR count). The van der Waals surface area contributed by atoms with Crippen molar-refractivity contribution in [3.05, 3.63) is 60.5 Å². The van der Waals surface area contributed by atoms with Crippen molar-refractivity contribution >= 4 is 5.91 Å². The monoisotopic (exact) mass is 363 g/mol. The fraction of sp³-hybridized carbons (Fsp3) is 0.350. The second kappa shape index (κ2) is 7.65. The molecular weight excluding hydrogens is 342 g/mol. The minimum atomic E-state index is -0.0434. The standard InChI is InChI=1S/C20H21N5O2/c1-2-4-18(26)25-12-16(15-5-3-8-22-11-15)17(13-25)20-23-19(24-27-20)14-6-9-21-10-7-14/h3,5-11,16-17H,2,4,12-13H2,1H3/t16-,17+/m0/s1. The highest BCUT2D eigenvalue weighted by Crippen LogP contribution is 2.39. The van der Waals surface area contributed by atoms with Crippen LogP contribution >= 0.6 is 0 Å². The molecule has 138 valence electrons. The number of pyridine rings is 2. The van der Waals surface area contributed by atoms with E-state index in [1.165, 1.54) is 0 Å². The summed E-state index contributed by atoms with van der Waals surface area (Å²) in [6.07, 6.45) is 8.39. The zero-order valence-electron chi connectivity index (χ0n) is 15.2. The molecule has 0 radical (unpaired) electrons. The first kappa shape index (κ1) is 17.3. The van der Waals surface area contributed by atoms with E-state index in [-0.39, 0.29) is 17.7 Å². The van der Waals surface area contributed by atoms with E-state index in [4.69, 9.17) is 4.52 Å². The third-order valence-electron chi connectivity index (χ3n) is 4.95. The maximum absolute atomic E-state index is 12.5. The van der Waals surface area contributed by atoms with Crippen LogP contribution in [-0.2, 0) is 4.79 Å². The van der Waals surface area contributed by atoms with Crippen LogP contribution in [0.5, 0.6) is 0 Å². The molecule has 0 bridgehead atoms. The quantitative estimate of drug-likeness (QED) is 0.693. The highest BCUT2D eigenvalue weighted by molar-refractivity contribution is 5.76. The van der Waals surface area contributed by atoms with E-state index in [1.807, 2.05) is 42.3 Å². The SMILES string of the molecule is CCCC(=O)N1C[C@@H](c2cccnc2)[C@H](c2nc(-c3ccncc3)no2)C1. The Kier molecular flexibility index (Phi) is 4.91. The Morgan fingerprint density at radius 1 is 1.15 bits per heavy atom. The predicted octanol–water partition coefficient (Wildman–Crippen LogP) is 3.04. The van der Waals surface area contributed by atoms with E-state index in [0.29, 0.717) is 31.2 Å². The van der Waals surface area contributed by atoms with Gasteiger partial charge in [0.25, 0.3) is 0 Å². The Morgan fingerprint density at radius 2 is 1.96 bits per heavy atom. The Labute approximate surface area is 157 Å². The lowest BCUT2D eigenvalue weighted by molar-refractivity contribution is -0.130. The van der Waals surface area contributed by atoms with Crippen LogP contribution in [0.3, 0.4) is 0 Å². The molecule has 0 saturated carbocycles. The van der Waals surface area contributed by atoms with Crippen LogP contribution in [0.2, 0.25) is 0 Å². The summed E-state index contributed by atoms with van der Waals surface area (Å²) in [7, 11) is 0.